The van der Waals surface area contributed by atoms with Crippen LogP contribution in [0, 0.1) is 0 Å². The third-order valence-corrected chi connectivity index (χ3v) is 2.80. The second-order valence-corrected chi connectivity index (χ2v) is 7.11. The lowest BCUT2D eigenvalue weighted by atomic mass is 10.1. The quantitative estimate of drug-likeness (QED) is 0.660. The summed E-state index contributed by atoms with van der Waals surface area (Å²) in [5.74, 6) is 0. The molecular weight excluding hydrogens is 278 g/mol. The summed E-state index contributed by atoms with van der Waals surface area (Å²) >= 11 is 0. The van der Waals surface area contributed by atoms with Gasteiger partial charge in [-0.05, 0) is 34.6 Å². The zero-order chi connectivity index (χ0) is 12.6. The summed E-state index contributed by atoms with van der Waals surface area (Å²) < 4.78 is 20.8. The number of nitrogens with one attached hydrogen (secondary N) is 2. The van der Waals surface area contributed by atoms with Crippen molar-refractivity contribution in [1.29, 1.82) is 0 Å². The summed E-state index contributed by atoms with van der Waals surface area (Å²) in [5.41, 5.74) is -0.0117. The fourth-order valence-electron chi connectivity index (χ4n) is 0.836. The molecule has 0 aliphatic carbocycles. The molecule has 0 fully saturated rings. The van der Waals surface area contributed by atoms with Crippen LogP contribution in [-0.4, -0.2) is 24.9 Å². The Balaban J connectivity index is -0.0000000369. The molecule has 0 heterocycles. The Labute approximate surface area is 125 Å². The van der Waals surface area contributed by atoms with Gasteiger partial charge in [0.25, 0.3) is 0 Å². The minimum atomic E-state index is -1.19. The van der Waals surface area contributed by atoms with E-state index in [1.807, 2.05) is 34.6 Å². The van der Waals surface area contributed by atoms with Crippen molar-refractivity contribution < 1.29 is 9.13 Å². The number of rotatable bonds is 3. The number of hydrogen-bond acceptors (Lipinski definition) is 2. The van der Waals surface area contributed by atoms with Gasteiger partial charge in [0.05, 0.1) is 5.54 Å². The maximum atomic E-state index is 10.5. The second kappa shape index (κ2) is 18.1. The van der Waals surface area contributed by atoms with E-state index in [2.05, 4.69) is 10.2 Å². The van der Waals surface area contributed by atoms with Crippen molar-refractivity contribution in [2.24, 2.45) is 0 Å². The molecule has 0 radical (unpaired) electrons. The van der Waals surface area contributed by atoms with Gasteiger partial charge < -0.3 is 0 Å². The molecule has 2 atom stereocenters. The normalized spacial score (nSPS) is 10.3. The molecular formula is C13H40N2O2P2+2. The van der Waals surface area contributed by atoms with Crippen molar-refractivity contribution in [2.75, 3.05) is 13.3 Å². The van der Waals surface area contributed by atoms with E-state index in [1.54, 1.807) is 13.3 Å². The van der Waals surface area contributed by atoms with E-state index >= 15 is 0 Å². The summed E-state index contributed by atoms with van der Waals surface area (Å²) in [6.07, 6.45) is 0. The summed E-state index contributed by atoms with van der Waals surface area (Å²) in [6, 6.07) is 0.341. The molecule has 0 aromatic heterocycles. The molecule has 0 bridgehead atoms. The molecule has 0 saturated carbocycles. The molecule has 2 N–H and O–H groups in total. The van der Waals surface area contributed by atoms with Gasteiger partial charge in [0.2, 0.25) is 0 Å². The van der Waals surface area contributed by atoms with Gasteiger partial charge in [-0.15, -0.1) is 10.2 Å². The molecule has 0 aliphatic rings. The van der Waals surface area contributed by atoms with E-state index in [-0.39, 0.29) is 35.2 Å². The van der Waals surface area contributed by atoms with Crippen LogP contribution in [0.1, 0.15) is 64.3 Å². The summed E-state index contributed by atoms with van der Waals surface area (Å²) in [7, 11) is -2.33. The molecule has 0 amide bonds. The van der Waals surface area contributed by atoms with Gasteiger partial charge in [-0.2, -0.15) is 0 Å². The van der Waals surface area contributed by atoms with Gasteiger partial charge in [0.1, 0.15) is 0 Å². The van der Waals surface area contributed by atoms with Crippen molar-refractivity contribution in [2.45, 2.75) is 75.9 Å². The van der Waals surface area contributed by atoms with Crippen LogP contribution in [0.2, 0.25) is 0 Å². The van der Waals surface area contributed by atoms with Crippen LogP contribution in [0.15, 0.2) is 0 Å². The Morgan fingerprint density at radius 1 is 0.842 bits per heavy atom. The average molecular weight is 318 g/mol. The fourth-order valence-corrected chi connectivity index (χ4v) is 2.51. The van der Waals surface area contributed by atoms with E-state index < -0.39 is 15.9 Å². The molecule has 0 aliphatic heterocycles. The van der Waals surface area contributed by atoms with Gasteiger partial charge >= 0.3 is 15.9 Å². The Morgan fingerprint density at radius 2 is 1.16 bits per heavy atom. The van der Waals surface area contributed by atoms with Crippen LogP contribution in [0.3, 0.4) is 0 Å². The SMILES string of the molecule is C.C.C.C.CC(C)N[P+](C)=O.C[P+](=O)NC(C)(C)C. The Hall–Kier alpha value is 0.120. The molecule has 0 rings (SSSR count). The lowest BCUT2D eigenvalue weighted by molar-refractivity contribution is 0.503. The first-order valence-corrected chi connectivity index (χ1v) is 8.31. The van der Waals surface area contributed by atoms with Gasteiger partial charge in [0, 0.05) is 6.04 Å². The zero-order valence-corrected chi connectivity index (χ0v) is 12.6. The highest BCUT2D eigenvalue weighted by atomic mass is 31.1. The van der Waals surface area contributed by atoms with Crippen LogP contribution in [-0.2, 0) is 9.13 Å². The van der Waals surface area contributed by atoms with Gasteiger partial charge in [-0.1, -0.05) is 38.8 Å². The maximum absolute atomic E-state index is 10.5. The predicted molar refractivity (Wildman–Crippen MR) is 95.1 cm³/mol. The molecule has 6 heteroatoms. The van der Waals surface area contributed by atoms with Crippen molar-refractivity contribution in [3.63, 3.8) is 0 Å². The molecule has 19 heavy (non-hydrogen) atoms. The van der Waals surface area contributed by atoms with E-state index in [0.717, 1.165) is 0 Å². The van der Waals surface area contributed by atoms with Crippen LogP contribution < -0.4 is 10.2 Å². The van der Waals surface area contributed by atoms with Gasteiger partial charge in [0.15, 0.2) is 13.3 Å². The monoisotopic (exact) mass is 318 g/mol. The van der Waals surface area contributed by atoms with Crippen molar-refractivity contribution in [1.82, 2.24) is 10.2 Å². The molecule has 0 saturated heterocycles. The van der Waals surface area contributed by atoms with E-state index in [9.17, 15) is 9.13 Å². The van der Waals surface area contributed by atoms with Crippen molar-refractivity contribution >= 4 is 15.9 Å². The molecule has 2 unspecified atom stereocenters. The topological polar surface area (TPSA) is 58.2 Å². The maximum Gasteiger partial charge on any atom is 0.429 e. The molecule has 4 nitrogen and oxygen atoms in total. The highest BCUT2D eigenvalue weighted by molar-refractivity contribution is 7.41. The summed E-state index contributed by atoms with van der Waals surface area (Å²) in [4.78, 5) is 0. The molecule has 122 valence electrons. The predicted octanol–water partition coefficient (Wildman–Crippen LogP) is 5.65. The minimum Gasteiger partial charge on any atom is -0.107 e. The summed E-state index contributed by atoms with van der Waals surface area (Å²) in [6.45, 7) is 13.2. The Bertz CT molecular complexity index is 215. The third-order valence-electron chi connectivity index (χ3n) is 0.933. The first-order chi connectivity index (χ1) is 6.54. The van der Waals surface area contributed by atoms with E-state index in [1.165, 1.54) is 0 Å². The lowest BCUT2D eigenvalue weighted by Gasteiger charge is -2.10. The van der Waals surface area contributed by atoms with E-state index in [0.29, 0.717) is 6.04 Å². The minimum absolute atomic E-state index is 0. The van der Waals surface area contributed by atoms with E-state index in [4.69, 9.17) is 0 Å². The highest BCUT2D eigenvalue weighted by Crippen LogP contribution is 2.13. The molecule has 0 aromatic rings. The molecule has 0 aromatic carbocycles. The Morgan fingerprint density at radius 3 is 1.16 bits per heavy atom. The Kier molecular flexibility index (Phi) is 34.8. The van der Waals surface area contributed by atoms with Crippen molar-refractivity contribution in [3.8, 4) is 0 Å². The number of hydrogen-bond donors (Lipinski definition) is 2. The van der Waals surface area contributed by atoms with Crippen LogP contribution in [0.4, 0.5) is 0 Å². The van der Waals surface area contributed by atoms with Gasteiger partial charge in [-0.25, -0.2) is 0 Å². The van der Waals surface area contributed by atoms with Crippen LogP contribution in [0.5, 0.6) is 0 Å². The third kappa shape index (κ3) is 56.6. The zero-order valence-electron chi connectivity index (χ0n) is 10.8. The summed E-state index contributed by atoms with van der Waals surface area (Å²) in [5, 5.41) is 5.71. The molecule has 0 spiro atoms. The lowest BCUT2D eigenvalue weighted by Crippen LogP contribution is -2.29. The first kappa shape index (κ1) is 36.5. The fraction of sp³-hybridized carbons (Fsp3) is 1.00. The van der Waals surface area contributed by atoms with Crippen molar-refractivity contribution in [3.05, 3.63) is 0 Å². The van der Waals surface area contributed by atoms with Gasteiger partial charge in [-0.3, -0.25) is 0 Å². The average Bonchev–Trinajstić information content (AvgIpc) is 1.76. The van der Waals surface area contributed by atoms with Crippen LogP contribution >= 0.6 is 15.9 Å². The standard InChI is InChI=1S/C5H13NOP.C4H11NOP.4CH4/c1-5(2,3)6-8(4)7;1-4(2)5-7(3)6;;;;/h1-4H3,(H,6,7);4H,1-3H3,(H,5,6);4*1H4/q2*+1;;;;. The highest BCUT2D eigenvalue weighted by Gasteiger charge is 2.18. The smallest absolute Gasteiger partial charge is 0.107 e. The van der Waals surface area contributed by atoms with Crippen LogP contribution in [0.25, 0.3) is 0 Å². The second-order valence-electron chi connectivity index (χ2n) is 4.64. The first-order valence-electron chi connectivity index (χ1n) is 4.90. The largest absolute Gasteiger partial charge is 0.429 e.